The van der Waals surface area contributed by atoms with E-state index in [0.29, 0.717) is 12.8 Å². The Hall–Kier alpha value is -1.06. The van der Waals surface area contributed by atoms with Crippen LogP contribution in [0.25, 0.3) is 0 Å². The Labute approximate surface area is 122 Å². The maximum atomic E-state index is 12.6. The van der Waals surface area contributed by atoms with Gasteiger partial charge >= 0.3 is 0 Å². The lowest BCUT2D eigenvalue weighted by Crippen LogP contribution is -2.64. The van der Waals surface area contributed by atoms with E-state index in [1.807, 2.05) is 18.7 Å². The molecule has 1 aliphatic carbocycles. The first-order valence-corrected chi connectivity index (χ1v) is 8.11. The molecule has 2 unspecified atom stereocenters. The number of rotatable bonds is 4. The molecule has 1 saturated heterocycles. The van der Waals surface area contributed by atoms with E-state index in [4.69, 9.17) is 0 Å². The molecule has 0 radical (unpaired) electrons. The number of nitrogens with zero attached hydrogens (tertiary/aromatic N) is 1. The summed E-state index contributed by atoms with van der Waals surface area (Å²) in [6.45, 7) is 6.96. The third-order valence-electron chi connectivity index (χ3n) is 4.98. The largest absolute Gasteiger partial charge is 0.343 e. The highest BCUT2D eigenvalue weighted by molar-refractivity contribution is 5.96. The monoisotopic (exact) mass is 280 g/mol. The van der Waals surface area contributed by atoms with E-state index in [-0.39, 0.29) is 29.3 Å². The van der Waals surface area contributed by atoms with Crippen LogP contribution in [-0.2, 0) is 9.59 Å². The summed E-state index contributed by atoms with van der Waals surface area (Å²) >= 11 is 0. The molecule has 4 nitrogen and oxygen atoms in total. The summed E-state index contributed by atoms with van der Waals surface area (Å²) in [5.41, 5.74) is 0.192. The van der Waals surface area contributed by atoms with Crippen molar-refractivity contribution >= 4 is 11.8 Å². The van der Waals surface area contributed by atoms with Gasteiger partial charge < -0.3 is 10.2 Å². The molecule has 114 valence electrons. The molecule has 4 heteroatoms. The average molecular weight is 280 g/mol. The van der Waals surface area contributed by atoms with Gasteiger partial charge in [0.05, 0.1) is 0 Å². The second-order valence-electron chi connectivity index (χ2n) is 6.73. The molecule has 2 fully saturated rings. The summed E-state index contributed by atoms with van der Waals surface area (Å²) in [5, 5.41) is 2.87. The molecule has 2 aliphatic rings. The highest BCUT2D eigenvalue weighted by atomic mass is 16.2. The second kappa shape index (κ2) is 6.15. The van der Waals surface area contributed by atoms with Gasteiger partial charge in [0.2, 0.25) is 11.8 Å². The standard InChI is InChI=1S/C16H28N2O2/c1-4-12-15(20)18(13(5-2)14(19)17-12)11-16(3)9-7-6-8-10-16/h12-13H,4-11H2,1-3H3,(H,17,19). The molecule has 0 aromatic carbocycles. The van der Waals surface area contributed by atoms with Crippen LogP contribution < -0.4 is 5.32 Å². The van der Waals surface area contributed by atoms with Crippen LogP contribution in [0, 0.1) is 5.41 Å². The maximum Gasteiger partial charge on any atom is 0.245 e. The van der Waals surface area contributed by atoms with Gasteiger partial charge in [-0.25, -0.2) is 0 Å². The highest BCUT2D eigenvalue weighted by Gasteiger charge is 2.42. The molecule has 0 aromatic heterocycles. The zero-order chi connectivity index (χ0) is 14.8. The molecule has 2 amide bonds. The van der Waals surface area contributed by atoms with Crippen molar-refractivity contribution in [1.29, 1.82) is 0 Å². The van der Waals surface area contributed by atoms with E-state index in [9.17, 15) is 9.59 Å². The number of hydrogen-bond donors (Lipinski definition) is 1. The summed E-state index contributed by atoms with van der Waals surface area (Å²) in [5.74, 6) is 0.143. The molecular weight excluding hydrogens is 252 g/mol. The van der Waals surface area contributed by atoms with Crippen molar-refractivity contribution in [2.45, 2.75) is 77.8 Å². The lowest BCUT2D eigenvalue weighted by Gasteiger charge is -2.44. The Morgan fingerprint density at radius 1 is 1.15 bits per heavy atom. The van der Waals surface area contributed by atoms with E-state index < -0.39 is 0 Å². The van der Waals surface area contributed by atoms with E-state index in [0.717, 1.165) is 6.54 Å². The van der Waals surface area contributed by atoms with Crippen LogP contribution in [0.2, 0.25) is 0 Å². The van der Waals surface area contributed by atoms with Crippen molar-refractivity contribution < 1.29 is 9.59 Å². The van der Waals surface area contributed by atoms with Gasteiger partial charge in [-0.15, -0.1) is 0 Å². The summed E-state index contributed by atoms with van der Waals surface area (Å²) in [6.07, 6.45) is 7.52. The fourth-order valence-electron chi connectivity index (χ4n) is 3.67. The predicted octanol–water partition coefficient (Wildman–Crippen LogP) is 2.47. The first-order valence-electron chi connectivity index (χ1n) is 8.11. The molecular formula is C16H28N2O2. The van der Waals surface area contributed by atoms with Crippen molar-refractivity contribution in [2.24, 2.45) is 5.41 Å². The Kier molecular flexibility index (Phi) is 4.71. The maximum absolute atomic E-state index is 12.6. The van der Waals surface area contributed by atoms with Crippen molar-refractivity contribution in [3.05, 3.63) is 0 Å². The van der Waals surface area contributed by atoms with Gasteiger partial charge in [0, 0.05) is 6.54 Å². The van der Waals surface area contributed by atoms with Crippen LogP contribution in [0.15, 0.2) is 0 Å². The summed E-state index contributed by atoms with van der Waals surface area (Å²) in [6, 6.07) is -0.596. The minimum Gasteiger partial charge on any atom is -0.343 e. The molecule has 2 atom stereocenters. The SMILES string of the molecule is CCC1NC(=O)C(CC)N(CC2(C)CCCCC2)C1=O. The van der Waals surface area contributed by atoms with E-state index in [1.54, 1.807) is 0 Å². The van der Waals surface area contributed by atoms with Gasteiger partial charge in [-0.1, -0.05) is 40.0 Å². The van der Waals surface area contributed by atoms with Crippen LogP contribution >= 0.6 is 0 Å². The van der Waals surface area contributed by atoms with Gasteiger partial charge in [-0.2, -0.15) is 0 Å². The van der Waals surface area contributed by atoms with Crippen molar-refractivity contribution in [3.63, 3.8) is 0 Å². The molecule has 1 aliphatic heterocycles. The molecule has 0 bridgehead atoms. The molecule has 20 heavy (non-hydrogen) atoms. The lowest BCUT2D eigenvalue weighted by molar-refractivity contribution is -0.151. The second-order valence-corrected chi connectivity index (χ2v) is 6.73. The van der Waals surface area contributed by atoms with Gasteiger partial charge in [-0.05, 0) is 31.1 Å². The Bertz CT molecular complexity index is 375. The number of carbonyl (C=O) groups excluding carboxylic acids is 2. The Balaban J connectivity index is 2.15. The minimum atomic E-state index is -0.322. The van der Waals surface area contributed by atoms with Gasteiger partial charge in [-0.3, -0.25) is 9.59 Å². The fraction of sp³-hybridized carbons (Fsp3) is 0.875. The quantitative estimate of drug-likeness (QED) is 0.860. The van der Waals surface area contributed by atoms with Crippen molar-refractivity contribution in [2.75, 3.05) is 6.54 Å². The third kappa shape index (κ3) is 2.99. The normalized spacial score (nSPS) is 30.2. The number of nitrogens with one attached hydrogen (secondary N) is 1. The van der Waals surface area contributed by atoms with Gasteiger partial charge in [0.25, 0.3) is 0 Å². The van der Waals surface area contributed by atoms with Gasteiger partial charge in [0.1, 0.15) is 12.1 Å². The third-order valence-corrected chi connectivity index (χ3v) is 4.98. The van der Waals surface area contributed by atoms with Crippen molar-refractivity contribution in [3.8, 4) is 0 Å². The molecule has 1 N–H and O–H groups in total. The van der Waals surface area contributed by atoms with E-state index in [2.05, 4.69) is 12.2 Å². The van der Waals surface area contributed by atoms with Gasteiger partial charge in [0.15, 0.2) is 0 Å². The molecule has 0 aromatic rings. The average Bonchev–Trinajstić information content (AvgIpc) is 2.43. The molecule has 0 spiro atoms. The fourth-order valence-corrected chi connectivity index (χ4v) is 3.67. The summed E-state index contributed by atoms with van der Waals surface area (Å²) in [4.78, 5) is 26.7. The first-order chi connectivity index (χ1) is 9.50. The van der Waals surface area contributed by atoms with E-state index in [1.165, 1.54) is 32.1 Å². The molecule has 1 heterocycles. The summed E-state index contributed by atoms with van der Waals surface area (Å²) in [7, 11) is 0. The van der Waals surface area contributed by atoms with Crippen LogP contribution in [0.5, 0.6) is 0 Å². The van der Waals surface area contributed by atoms with Crippen LogP contribution in [0.4, 0.5) is 0 Å². The first kappa shape index (κ1) is 15.3. The number of hydrogen-bond acceptors (Lipinski definition) is 2. The van der Waals surface area contributed by atoms with E-state index >= 15 is 0 Å². The topological polar surface area (TPSA) is 49.4 Å². The minimum absolute atomic E-state index is 0.0263. The molecule has 1 saturated carbocycles. The molecule has 2 rings (SSSR count). The van der Waals surface area contributed by atoms with Crippen LogP contribution in [0.1, 0.15) is 65.7 Å². The van der Waals surface area contributed by atoms with Crippen LogP contribution in [0.3, 0.4) is 0 Å². The van der Waals surface area contributed by atoms with Crippen molar-refractivity contribution in [1.82, 2.24) is 10.2 Å². The smallest absolute Gasteiger partial charge is 0.245 e. The summed E-state index contributed by atoms with van der Waals surface area (Å²) < 4.78 is 0. The predicted molar refractivity (Wildman–Crippen MR) is 79.2 cm³/mol. The lowest BCUT2D eigenvalue weighted by atomic mass is 9.75. The number of carbonyl (C=O) groups is 2. The Morgan fingerprint density at radius 3 is 2.35 bits per heavy atom. The zero-order valence-electron chi connectivity index (χ0n) is 13.1. The van der Waals surface area contributed by atoms with Crippen LogP contribution in [-0.4, -0.2) is 35.3 Å². The highest BCUT2D eigenvalue weighted by Crippen LogP contribution is 2.37. The number of piperazine rings is 1. The Morgan fingerprint density at radius 2 is 1.80 bits per heavy atom. The zero-order valence-corrected chi connectivity index (χ0v) is 13.1. The number of amides is 2.